The van der Waals surface area contributed by atoms with Gasteiger partial charge < -0.3 is 19.7 Å². The summed E-state index contributed by atoms with van der Waals surface area (Å²) in [6, 6.07) is 14.4. The first kappa shape index (κ1) is 25.6. The first-order valence-corrected chi connectivity index (χ1v) is 12.3. The van der Waals surface area contributed by atoms with Gasteiger partial charge in [-0.25, -0.2) is 0 Å². The van der Waals surface area contributed by atoms with Crippen molar-refractivity contribution in [2.75, 3.05) is 51.3 Å². The fourth-order valence-electron chi connectivity index (χ4n) is 4.10. The Hall–Kier alpha value is -2.99. The molecule has 0 saturated carbocycles. The second kappa shape index (κ2) is 13.0. The van der Waals surface area contributed by atoms with E-state index in [9.17, 15) is 4.79 Å². The summed E-state index contributed by atoms with van der Waals surface area (Å²) in [5.74, 6) is 1.29. The Balaban J connectivity index is 1.32. The summed E-state index contributed by atoms with van der Waals surface area (Å²) in [7, 11) is 1.62. The van der Waals surface area contributed by atoms with Crippen LogP contribution in [0.3, 0.4) is 0 Å². The zero-order chi connectivity index (χ0) is 24.3. The van der Waals surface area contributed by atoms with Crippen molar-refractivity contribution in [1.82, 2.24) is 10.2 Å². The number of benzene rings is 2. The Bertz CT molecular complexity index is 950. The van der Waals surface area contributed by atoms with Crippen molar-refractivity contribution in [1.29, 1.82) is 0 Å². The Morgan fingerprint density at radius 2 is 1.85 bits per heavy atom. The number of unbranched alkanes of at least 4 members (excludes halogenated alkanes) is 1. The highest BCUT2D eigenvalue weighted by molar-refractivity contribution is 5.91. The van der Waals surface area contributed by atoms with E-state index < -0.39 is 0 Å². The fourth-order valence-corrected chi connectivity index (χ4v) is 4.10. The molecule has 3 rings (SSSR count). The standard InChI is InChI=1S/C28H39N3O3/c1-22(2)34-26-12-10-24(21-27(26)33-4)11-13-28(32)29-14-5-6-15-30-16-18-31(19-17-30)25-9-7-8-23(3)20-25/h7-13,20-22H,5-6,14-19H2,1-4H3,(H,29,32)/b13-11+. The Kier molecular flexibility index (Phi) is 9.83. The number of rotatable bonds is 11. The zero-order valence-electron chi connectivity index (χ0n) is 21.0. The number of amides is 1. The van der Waals surface area contributed by atoms with Gasteiger partial charge in [0.25, 0.3) is 0 Å². The lowest BCUT2D eigenvalue weighted by molar-refractivity contribution is -0.116. The summed E-state index contributed by atoms with van der Waals surface area (Å²) in [5.41, 5.74) is 3.53. The number of carbonyl (C=O) groups excluding carboxylic acids is 1. The number of nitrogens with zero attached hydrogens (tertiary/aromatic N) is 2. The highest BCUT2D eigenvalue weighted by Crippen LogP contribution is 2.29. The van der Waals surface area contributed by atoms with E-state index in [4.69, 9.17) is 9.47 Å². The van der Waals surface area contributed by atoms with Gasteiger partial charge in [0.2, 0.25) is 5.91 Å². The molecule has 2 aromatic rings. The number of hydrogen-bond donors (Lipinski definition) is 1. The normalized spacial score (nSPS) is 14.6. The molecule has 1 N–H and O–H groups in total. The molecule has 0 aromatic heterocycles. The maximum Gasteiger partial charge on any atom is 0.243 e. The van der Waals surface area contributed by atoms with Crippen LogP contribution in [0, 0.1) is 6.92 Å². The van der Waals surface area contributed by atoms with Gasteiger partial charge in [-0.3, -0.25) is 9.69 Å². The third kappa shape index (κ3) is 8.10. The van der Waals surface area contributed by atoms with Crippen LogP contribution >= 0.6 is 0 Å². The fraction of sp³-hybridized carbons (Fsp3) is 0.464. The molecule has 1 saturated heterocycles. The van der Waals surface area contributed by atoms with Gasteiger partial charge in [0, 0.05) is 44.5 Å². The van der Waals surface area contributed by atoms with Crippen LogP contribution in [0.15, 0.2) is 48.5 Å². The SMILES string of the molecule is COc1cc(/C=C/C(=O)NCCCCN2CCN(c3cccc(C)c3)CC2)ccc1OC(C)C. The minimum atomic E-state index is -0.0757. The largest absolute Gasteiger partial charge is 0.493 e. The topological polar surface area (TPSA) is 54.0 Å². The Morgan fingerprint density at radius 1 is 1.06 bits per heavy atom. The van der Waals surface area contributed by atoms with Crippen LogP contribution < -0.4 is 19.7 Å². The lowest BCUT2D eigenvalue weighted by Crippen LogP contribution is -2.46. The number of anilines is 1. The van der Waals surface area contributed by atoms with E-state index in [1.807, 2.05) is 32.0 Å². The molecule has 0 bridgehead atoms. The predicted molar refractivity (Wildman–Crippen MR) is 140 cm³/mol. The number of hydrogen-bond acceptors (Lipinski definition) is 5. The molecular formula is C28H39N3O3. The lowest BCUT2D eigenvalue weighted by Gasteiger charge is -2.36. The number of piperazine rings is 1. The van der Waals surface area contributed by atoms with Crippen molar-refractivity contribution in [2.45, 2.75) is 39.7 Å². The molecule has 1 fully saturated rings. The third-order valence-electron chi connectivity index (χ3n) is 5.92. The molecule has 6 nitrogen and oxygen atoms in total. The third-order valence-corrected chi connectivity index (χ3v) is 5.92. The highest BCUT2D eigenvalue weighted by atomic mass is 16.5. The van der Waals surface area contributed by atoms with E-state index >= 15 is 0 Å². The average molecular weight is 466 g/mol. The molecule has 0 unspecified atom stereocenters. The molecule has 0 spiro atoms. The summed E-state index contributed by atoms with van der Waals surface area (Å²) in [5, 5.41) is 2.98. The predicted octanol–water partition coefficient (Wildman–Crippen LogP) is 4.52. The minimum absolute atomic E-state index is 0.0734. The van der Waals surface area contributed by atoms with Crippen LogP contribution in [0.4, 0.5) is 5.69 Å². The van der Waals surface area contributed by atoms with Crippen LogP contribution in [0.5, 0.6) is 11.5 Å². The molecule has 184 valence electrons. The van der Waals surface area contributed by atoms with Crippen molar-refractivity contribution >= 4 is 17.7 Å². The molecule has 1 aliphatic heterocycles. The van der Waals surface area contributed by atoms with Crippen LogP contribution in [-0.2, 0) is 4.79 Å². The molecule has 1 amide bonds. The summed E-state index contributed by atoms with van der Waals surface area (Å²) >= 11 is 0. The molecule has 1 aliphatic rings. The molecule has 0 radical (unpaired) electrons. The Labute approximate surface area is 204 Å². The molecule has 0 atom stereocenters. The van der Waals surface area contributed by atoms with Crippen molar-refractivity contribution < 1.29 is 14.3 Å². The van der Waals surface area contributed by atoms with E-state index in [2.05, 4.69) is 46.3 Å². The van der Waals surface area contributed by atoms with Crippen molar-refractivity contribution in [3.63, 3.8) is 0 Å². The van der Waals surface area contributed by atoms with E-state index in [0.717, 1.165) is 51.1 Å². The van der Waals surface area contributed by atoms with E-state index in [1.165, 1.54) is 11.3 Å². The quantitative estimate of drug-likeness (QED) is 0.391. The molecule has 1 heterocycles. The number of ether oxygens (including phenoxy) is 2. The zero-order valence-corrected chi connectivity index (χ0v) is 21.0. The van der Waals surface area contributed by atoms with Gasteiger partial charge in [-0.15, -0.1) is 0 Å². The number of nitrogens with one attached hydrogen (secondary N) is 1. The molecule has 2 aromatic carbocycles. The monoisotopic (exact) mass is 465 g/mol. The van der Waals surface area contributed by atoms with Gasteiger partial charge in [0.15, 0.2) is 11.5 Å². The van der Waals surface area contributed by atoms with Crippen molar-refractivity contribution in [3.05, 3.63) is 59.7 Å². The van der Waals surface area contributed by atoms with E-state index in [0.29, 0.717) is 18.0 Å². The van der Waals surface area contributed by atoms with Crippen LogP contribution in [0.2, 0.25) is 0 Å². The van der Waals surface area contributed by atoms with Crippen molar-refractivity contribution in [3.8, 4) is 11.5 Å². The number of carbonyl (C=O) groups is 1. The smallest absolute Gasteiger partial charge is 0.243 e. The van der Waals surface area contributed by atoms with Gasteiger partial charge in [-0.1, -0.05) is 18.2 Å². The van der Waals surface area contributed by atoms with Gasteiger partial charge in [0.05, 0.1) is 13.2 Å². The van der Waals surface area contributed by atoms with Crippen molar-refractivity contribution in [2.24, 2.45) is 0 Å². The summed E-state index contributed by atoms with van der Waals surface area (Å²) in [6.45, 7) is 12.2. The van der Waals surface area contributed by atoms with E-state index in [-0.39, 0.29) is 12.0 Å². The van der Waals surface area contributed by atoms with Gasteiger partial charge in [-0.2, -0.15) is 0 Å². The second-order valence-electron chi connectivity index (χ2n) is 9.08. The van der Waals surface area contributed by atoms with Gasteiger partial charge >= 0.3 is 0 Å². The summed E-state index contributed by atoms with van der Waals surface area (Å²) in [6.07, 6.45) is 5.51. The van der Waals surface area contributed by atoms with Gasteiger partial charge in [0.1, 0.15) is 0 Å². The second-order valence-corrected chi connectivity index (χ2v) is 9.08. The minimum Gasteiger partial charge on any atom is -0.493 e. The first-order valence-electron chi connectivity index (χ1n) is 12.3. The maximum atomic E-state index is 12.2. The number of methoxy groups -OCH3 is 1. The highest BCUT2D eigenvalue weighted by Gasteiger charge is 2.16. The maximum absolute atomic E-state index is 12.2. The molecular weight excluding hydrogens is 426 g/mol. The first-order chi connectivity index (χ1) is 16.4. The van der Waals surface area contributed by atoms with Gasteiger partial charge in [-0.05, 0) is 81.6 Å². The summed E-state index contributed by atoms with van der Waals surface area (Å²) in [4.78, 5) is 17.2. The molecule has 0 aliphatic carbocycles. The molecule has 34 heavy (non-hydrogen) atoms. The van der Waals surface area contributed by atoms with Crippen LogP contribution in [0.25, 0.3) is 6.08 Å². The lowest BCUT2D eigenvalue weighted by atomic mass is 10.2. The average Bonchev–Trinajstić information content (AvgIpc) is 2.83. The molecule has 6 heteroatoms. The van der Waals surface area contributed by atoms with E-state index in [1.54, 1.807) is 19.3 Å². The van der Waals surface area contributed by atoms with Crippen LogP contribution in [-0.4, -0.2) is 63.3 Å². The van der Waals surface area contributed by atoms with Crippen LogP contribution in [0.1, 0.15) is 37.8 Å². The Morgan fingerprint density at radius 3 is 2.56 bits per heavy atom. The summed E-state index contributed by atoms with van der Waals surface area (Å²) < 4.78 is 11.1. The number of aryl methyl sites for hydroxylation is 1.